The van der Waals surface area contributed by atoms with E-state index in [1.54, 1.807) is 6.33 Å². The molecule has 2 rings (SSSR count). The van der Waals surface area contributed by atoms with Crippen LogP contribution >= 0.6 is 11.6 Å². The van der Waals surface area contributed by atoms with Crippen molar-refractivity contribution in [3.05, 3.63) is 12.2 Å². The third-order valence-corrected chi connectivity index (χ3v) is 4.68. The predicted molar refractivity (Wildman–Crippen MR) is 78.3 cm³/mol. The fourth-order valence-corrected chi connectivity index (χ4v) is 3.28. The van der Waals surface area contributed by atoms with Gasteiger partial charge in [-0.15, -0.1) is 11.6 Å². The number of halogens is 1. The molecule has 0 aromatic carbocycles. The summed E-state index contributed by atoms with van der Waals surface area (Å²) in [6.45, 7) is 4.88. The van der Waals surface area contributed by atoms with Crippen molar-refractivity contribution in [1.82, 2.24) is 20.1 Å². The molecule has 4 nitrogen and oxygen atoms in total. The summed E-state index contributed by atoms with van der Waals surface area (Å²) >= 11 is 6.21. The van der Waals surface area contributed by atoms with Crippen molar-refractivity contribution in [2.45, 2.75) is 58.5 Å². The Bertz CT molecular complexity index is 371. The molecule has 5 heteroatoms. The zero-order chi connectivity index (χ0) is 13.6. The van der Waals surface area contributed by atoms with Gasteiger partial charge in [0.25, 0.3) is 0 Å². The van der Waals surface area contributed by atoms with E-state index in [1.165, 1.54) is 32.1 Å². The lowest BCUT2D eigenvalue weighted by atomic mass is 9.75. The first kappa shape index (κ1) is 14.8. The van der Waals surface area contributed by atoms with Crippen LogP contribution in [0, 0.1) is 5.41 Å². The minimum Gasteiger partial charge on any atom is -0.309 e. The van der Waals surface area contributed by atoms with Crippen LogP contribution in [0.1, 0.15) is 51.3 Å². The minimum absolute atomic E-state index is 0.301. The number of hydrogen-bond acceptors (Lipinski definition) is 3. The van der Waals surface area contributed by atoms with E-state index in [4.69, 9.17) is 11.6 Å². The van der Waals surface area contributed by atoms with Gasteiger partial charge in [-0.3, -0.25) is 0 Å². The number of hydrogen-bond donors (Lipinski definition) is 1. The SMILES string of the molecule is CCCn1ncnc1CNCC1(CCl)CCCCC1. The molecular formula is C14H25ClN4. The Morgan fingerprint density at radius 2 is 2.16 bits per heavy atom. The van der Waals surface area contributed by atoms with Crippen LogP contribution in [0.2, 0.25) is 0 Å². The van der Waals surface area contributed by atoms with E-state index in [9.17, 15) is 0 Å². The normalized spacial score (nSPS) is 18.6. The van der Waals surface area contributed by atoms with Crippen molar-refractivity contribution >= 4 is 11.6 Å². The number of aryl methyl sites for hydroxylation is 1. The molecule has 1 fully saturated rings. The summed E-state index contributed by atoms with van der Waals surface area (Å²) in [7, 11) is 0. The van der Waals surface area contributed by atoms with Crippen molar-refractivity contribution in [3.8, 4) is 0 Å². The number of rotatable bonds is 7. The molecule has 0 atom stereocenters. The van der Waals surface area contributed by atoms with Gasteiger partial charge in [-0.2, -0.15) is 5.10 Å². The first-order valence-corrected chi connectivity index (χ1v) is 7.96. The largest absolute Gasteiger partial charge is 0.309 e. The second-order valence-electron chi connectivity index (χ2n) is 5.70. The average Bonchev–Trinajstić information content (AvgIpc) is 2.88. The molecule has 0 amide bonds. The Hall–Kier alpha value is -0.610. The lowest BCUT2D eigenvalue weighted by Gasteiger charge is -2.35. The van der Waals surface area contributed by atoms with Crippen molar-refractivity contribution in [2.24, 2.45) is 5.41 Å². The van der Waals surface area contributed by atoms with Crippen LogP contribution < -0.4 is 5.32 Å². The summed E-state index contributed by atoms with van der Waals surface area (Å²) in [5.41, 5.74) is 0.301. The van der Waals surface area contributed by atoms with Crippen LogP contribution in [0.4, 0.5) is 0 Å². The van der Waals surface area contributed by atoms with Crippen molar-refractivity contribution in [3.63, 3.8) is 0 Å². The van der Waals surface area contributed by atoms with E-state index in [1.807, 2.05) is 4.68 Å². The van der Waals surface area contributed by atoms with Crippen molar-refractivity contribution < 1.29 is 0 Å². The van der Waals surface area contributed by atoms with E-state index in [2.05, 4.69) is 22.3 Å². The van der Waals surface area contributed by atoms with Crippen LogP contribution in [0.15, 0.2) is 6.33 Å². The van der Waals surface area contributed by atoms with Crippen molar-refractivity contribution in [2.75, 3.05) is 12.4 Å². The molecule has 1 heterocycles. The zero-order valence-electron chi connectivity index (χ0n) is 11.9. The highest BCUT2D eigenvalue weighted by Crippen LogP contribution is 2.36. The van der Waals surface area contributed by atoms with Gasteiger partial charge >= 0.3 is 0 Å². The summed E-state index contributed by atoms with van der Waals surface area (Å²) in [5, 5.41) is 7.79. The summed E-state index contributed by atoms with van der Waals surface area (Å²) in [6.07, 6.45) is 9.24. The third-order valence-electron chi connectivity index (χ3n) is 4.11. The lowest BCUT2D eigenvalue weighted by Crippen LogP contribution is -2.37. The van der Waals surface area contributed by atoms with Gasteiger partial charge in [0, 0.05) is 19.0 Å². The standard InChI is InChI=1S/C14H25ClN4/c1-2-8-19-13(17-12-18-19)9-16-11-14(10-15)6-4-3-5-7-14/h12,16H,2-11H2,1H3. The first-order chi connectivity index (χ1) is 9.29. The van der Waals surface area contributed by atoms with E-state index >= 15 is 0 Å². The predicted octanol–water partition coefficient (Wildman–Crippen LogP) is 2.97. The van der Waals surface area contributed by atoms with Gasteiger partial charge in [0.2, 0.25) is 0 Å². The molecule has 19 heavy (non-hydrogen) atoms. The monoisotopic (exact) mass is 284 g/mol. The van der Waals surface area contributed by atoms with E-state index in [0.29, 0.717) is 5.41 Å². The highest BCUT2D eigenvalue weighted by molar-refractivity contribution is 6.18. The van der Waals surface area contributed by atoms with Crippen LogP contribution in [0.3, 0.4) is 0 Å². The quantitative estimate of drug-likeness (QED) is 0.783. The minimum atomic E-state index is 0.301. The van der Waals surface area contributed by atoms with E-state index in [-0.39, 0.29) is 0 Å². The molecule has 1 aliphatic carbocycles. The van der Waals surface area contributed by atoms with Gasteiger partial charge in [0.05, 0.1) is 6.54 Å². The molecule has 0 radical (unpaired) electrons. The second kappa shape index (κ2) is 7.25. The third kappa shape index (κ3) is 3.93. The summed E-state index contributed by atoms with van der Waals surface area (Å²) in [5.74, 6) is 1.80. The maximum Gasteiger partial charge on any atom is 0.140 e. The van der Waals surface area contributed by atoms with Crippen molar-refractivity contribution in [1.29, 1.82) is 0 Å². The van der Waals surface area contributed by atoms with Gasteiger partial charge in [0.1, 0.15) is 12.2 Å². The topological polar surface area (TPSA) is 42.7 Å². The lowest BCUT2D eigenvalue weighted by molar-refractivity contribution is 0.211. The van der Waals surface area contributed by atoms with Crippen LogP contribution in [0.25, 0.3) is 0 Å². The smallest absolute Gasteiger partial charge is 0.140 e. The summed E-state index contributed by atoms with van der Waals surface area (Å²) < 4.78 is 1.99. The van der Waals surface area contributed by atoms with Crippen LogP contribution in [-0.4, -0.2) is 27.2 Å². The molecule has 0 bridgehead atoms. The highest BCUT2D eigenvalue weighted by atomic mass is 35.5. The number of nitrogens with zero attached hydrogens (tertiary/aromatic N) is 3. The number of alkyl halides is 1. The maximum absolute atomic E-state index is 6.21. The van der Waals surface area contributed by atoms with E-state index in [0.717, 1.165) is 37.8 Å². The maximum atomic E-state index is 6.21. The molecule has 108 valence electrons. The number of nitrogens with one attached hydrogen (secondary N) is 1. The zero-order valence-corrected chi connectivity index (χ0v) is 12.6. The van der Waals surface area contributed by atoms with Crippen LogP contribution in [-0.2, 0) is 13.1 Å². The summed E-state index contributed by atoms with van der Waals surface area (Å²) in [6, 6.07) is 0. The molecule has 1 saturated carbocycles. The number of aromatic nitrogens is 3. The molecule has 0 aliphatic heterocycles. The van der Waals surface area contributed by atoms with Crippen LogP contribution in [0.5, 0.6) is 0 Å². The molecular weight excluding hydrogens is 260 g/mol. The molecule has 0 unspecified atom stereocenters. The van der Waals surface area contributed by atoms with Gasteiger partial charge in [-0.05, 0) is 24.7 Å². The fourth-order valence-electron chi connectivity index (χ4n) is 2.92. The average molecular weight is 285 g/mol. The Kier molecular flexibility index (Phi) is 5.64. The molecule has 0 spiro atoms. The second-order valence-corrected chi connectivity index (χ2v) is 5.96. The Morgan fingerprint density at radius 3 is 2.84 bits per heavy atom. The molecule has 1 aliphatic rings. The Balaban J connectivity index is 1.83. The molecule has 1 aromatic rings. The van der Waals surface area contributed by atoms with E-state index < -0.39 is 0 Å². The van der Waals surface area contributed by atoms with Gasteiger partial charge in [0.15, 0.2) is 0 Å². The van der Waals surface area contributed by atoms with Gasteiger partial charge in [-0.1, -0.05) is 26.2 Å². The highest BCUT2D eigenvalue weighted by Gasteiger charge is 2.30. The van der Waals surface area contributed by atoms with Gasteiger partial charge < -0.3 is 5.32 Å². The summed E-state index contributed by atoms with van der Waals surface area (Å²) in [4.78, 5) is 4.32. The fraction of sp³-hybridized carbons (Fsp3) is 0.857. The first-order valence-electron chi connectivity index (χ1n) is 7.43. The molecule has 1 aromatic heterocycles. The van der Waals surface area contributed by atoms with Gasteiger partial charge in [-0.25, -0.2) is 9.67 Å². The molecule has 1 N–H and O–H groups in total. The Morgan fingerprint density at radius 1 is 1.37 bits per heavy atom. The Labute approximate surface area is 120 Å². The molecule has 0 saturated heterocycles.